The molecule has 2 unspecified atom stereocenters. The van der Waals surface area contributed by atoms with Crippen LogP contribution >= 0.6 is 0 Å². The number of carboxylic acid groups (broad SMARTS) is 1. The topological polar surface area (TPSA) is 58.4 Å². The number of rotatable bonds is 5. The first-order valence-electron chi connectivity index (χ1n) is 6.51. The van der Waals surface area contributed by atoms with Crippen LogP contribution in [0.5, 0.6) is 0 Å². The number of likely N-dealkylation sites (tertiary alicyclic amines) is 1. The van der Waals surface area contributed by atoms with Gasteiger partial charge in [0.15, 0.2) is 0 Å². The van der Waals surface area contributed by atoms with Gasteiger partial charge in [0.25, 0.3) is 0 Å². The Morgan fingerprint density at radius 2 is 2.44 bits per heavy atom. The van der Waals surface area contributed by atoms with Crippen LogP contribution in [0.2, 0.25) is 0 Å². The molecule has 0 bridgehead atoms. The minimum absolute atomic E-state index is 0.290. The van der Waals surface area contributed by atoms with Crippen LogP contribution in [0.4, 0.5) is 0 Å². The summed E-state index contributed by atoms with van der Waals surface area (Å²) >= 11 is 0. The van der Waals surface area contributed by atoms with Crippen molar-refractivity contribution < 1.29 is 9.90 Å². The number of aliphatic carboxylic acids is 1. The van der Waals surface area contributed by atoms with E-state index in [0.29, 0.717) is 18.4 Å². The van der Waals surface area contributed by atoms with Crippen LogP contribution in [0.3, 0.4) is 0 Å². The highest BCUT2D eigenvalue weighted by Crippen LogP contribution is 2.28. The Balaban J connectivity index is 1.89. The van der Waals surface area contributed by atoms with Crippen molar-refractivity contribution in [3.63, 3.8) is 0 Å². The molecule has 1 aromatic rings. The standard InChI is InChI=1S/C13H21N3O2/c1-10(12-5-7-14-15(12)2)16-8-6-11(9-16)3-4-13(17)18/h5,7,10-11H,3-4,6,8-9H2,1-2H3,(H,17,18). The largest absolute Gasteiger partial charge is 0.481 e. The molecule has 5 nitrogen and oxygen atoms in total. The zero-order chi connectivity index (χ0) is 13.1. The van der Waals surface area contributed by atoms with Crippen molar-refractivity contribution in [1.82, 2.24) is 14.7 Å². The second-order valence-electron chi connectivity index (χ2n) is 5.14. The van der Waals surface area contributed by atoms with Gasteiger partial charge in [-0.2, -0.15) is 5.10 Å². The fraction of sp³-hybridized carbons (Fsp3) is 0.692. The van der Waals surface area contributed by atoms with Gasteiger partial charge in [0.05, 0.1) is 5.69 Å². The van der Waals surface area contributed by atoms with Crippen molar-refractivity contribution in [2.24, 2.45) is 13.0 Å². The molecule has 0 radical (unpaired) electrons. The first-order valence-corrected chi connectivity index (χ1v) is 6.51. The predicted molar refractivity (Wildman–Crippen MR) is 68.2 cm³/mol. The van der Waals surface area contributed by atoms with Gasteiger partial charge in [-0.25, -0.2) is 0 Å². The number of aromatic nitrogens is 2. The van der Waals surface area contributed by atoms with E-state index in [1.54, 1.807) is 0 Å². The maximum Gasteiger partial charge on any atom is 0.303 e. The lowest BCUT2D eigenvalue weighted by atomic mass is 10.0. The van der Waals surface area contributed by atoms with Crippen LogP contribution in [-0.4, -0.2) is 38.8 Å². The lowest BCUT2D eigenvalue weighted by Crippen LogP contribution is -2.26. The van der Waals surface area contributed by atoms with Gasteiger partial charge in [-0.05, 0) is 38.3 Å². The molecule has 18 heavy (non-hydrogen) atoms. The molecule has 100 valence electrons. The summed E-state index contributed by atoms with van der Waals surface area (Å²) in [6, 6.07) is 2.40. The van der Waals surface area contributed by atoms with Crippen LogP contribution in [0.15, 0.2) is 12.3 Å². The van der Waals surface area contributed by atoms with Crippen molar-refractivity contribution in [2.75, 3.05) is 13.1 Å². The lowest BCUT2D eigenvalue weighted by Gasteiger charge is -2.24. The van der Waals surface area contributed by atoms with Crippen LogP contribution in [0.25, 0.3) is 0 Å². The van der Waals surface area contributed by atoms with E-state index in [1.807, 2.05) is 17.9 Å². The molecule has 0 amide bonds. The van der Waals surface area contributed by atoms with Gasteiger partial charge in [-0.15, -0.1) is 0 Å². The quantitative estimate of drug-likeness (QED) is 0.864. The fourth-order valence-electron chi connectivity index (χ4n) is 2.76. The van der Waals surface area contributed by atoms with E-state index in [2.05, 4.69) is 23.0 Å². The second-order valence-corrected chi connectivity index (χ2v) is 5.14. The Hall–Kier alpha value is -1.36. The molecule has 1 aliphatic rings. The molecule has 0 spiro atoms. The third-order valence-electron chi connectivity index (χ3n) is 3.92. The van der Waals surface area contributed by atoms with E-state index in [4.69, 9.17) is 5.11 Å². The number of carbonyl (C=O) groups is 1. The van der Waals surface area contributed by atoms with E-state index < -0.39 is 5.97 Å². The summed E-state index contributed by atoms with van der Waals surface area (Å²) in [6.07, 6.45) is 4.02. The number of carboxylic acids is 1. The van der Waals surface area contributed by atoms with Crippen molar-refractivity contribution in [3.8, 4) is 0 Å². The summed E-state index contributed by atoms with van der Waals surface area (Å²) < 4.78 is 1.91. The average Bonchev–Trinajstić information content (AvgIpc) is 2.94. The van der Waals surface area contributed by atoms with Crippen molar-refractivity contribution >= 4 is 5.97 Å². The van der Waals surface area contributed by atoms with Gasteiger partial charge in [0, 0.05) is 32.3 Å². The van der Waals surface area contributed by atoms with Crippen LogP contribution < -0.4 is 0 Å². The van der Waals surface area contributed by atoms with E-state index >= 15 is 0 Å². The highest BCUT2D eigenvalue weighted by molar-refractivity contribution is 5.66. The van der Waals surface area contributed by atoms with Crippen molar-refractivity contribution in [1.29, 1.82) is 0 Å². The number of hydrogen-bond acceptors (Lipinski definition) is 3. The normalized spacial score (nSPS) is 22.2. The summed E-state index contributed by atoms with van der Waals surface area (Å²) in [5.74, 6) is -0.162. The number of nitrogens with zero attached hydrogens (tertiary/aromatic N) is 3. The molecule has 0 aromatic carbocycles. The minimum Gasteiger partial charge on any atom is -0.481 e. The summed E-state index contributed by atoms with van der Waals surface area (Å²) in [5, 5.41) is 12.9. The maximum atomic E-state index is 10.6. The highest BCUT2D eigenvalue weighted by Gasteiger charge is 2.27. The summed E-state index contributed by atoms with van der Waals surface area (Å²) in [6.45, 7) is 4.24. The minimum atomic E-state index is -0.687. The summed E-state index contributed by atoms with van der Waals surface area (Å²) in [5.41, 5.74) is 1.22. The van der Waals surface area contributed by atoms with Gasteiger partial charge in [0.1, 0.15) is 0 Å². The van der Waals surface area contributed by atoms with Crippen molar-refractivity contribution in [2.45, 2.75) is 32.2 Å². The van der Waals surface area contributed by atoms with Crippen LogP contribution in [-0.2, 0) is 11.8 Å². The Morgan fingerprint density at radius 1 is 1.67 bits per heavy atom. The van der Waals surface area contributed by atoms with Gasteiger partial charge in [-0.3, -0.25) is 14.4 Å². The Morgan fingerprint density at radius 3 is 3.06 bits per heavy atom. The maximum absolute atomic E-state index is 10.6. The third kappa shape index (κ3) is 2.90. The van der Waals surface area contributed by atoms with E-state index in [0.717, 1.165) is 25.9 Å². The van der Waals surface area contributed by atoms with Gasteiger partial charge in [-0.1, -0.05) is 0 Å². The van der Waals surface area contributed by atoms with Crippen LogP contribution in [0, 0.1) is 5.92 Å². The van der Waals surface area contributed by atoms with Gasteiger partial charge >= 0.3 is 5.97 Å². The molecule has 0 saturated carbocycles. The monoisotopic (exact) mass is 251 g/mol. The third-order valence-corrected chi connectivity index (χ3v) is 3.92. The molecular weight excluding hydrogens is 230 g/mol. The van der Waals surface area contributed by atoms with Crippen LogP contribution in [0.1, 0.15) is 37.9 Å². The molecule has 0 aliphatic carbocycles. The summed E-state index contributed by atoms with van der Waals surface area (Å²) in [4.78, 5) is 13.0. The zero-order valence-corrected chi connectivity index (χ0v) is 11.0. The van der Waals surface area contributed by atoms with E-state index in [-0.39, 0.29) is 0 Å². The molecular formula is C13H21N3O2. The predicted octanol–water partition coefficient (Wildman–Crippen LogP) is 1.67. The second kappa shape index (κ2) is 5.52. The first-order chi connectivity index (χ1) is 8.58. The SMILES string of the molecule is CC(c1ccnn1C)N1CCC(CCC(=O)O)C1. The molecule has 5 heteroatoms. The molecule has 1 aromatic heterocycles. The Bertz CT molecular complexity index is 416. The molecule has 1 saturated heterocycles. The smallest absolute Gasteiger partial charge is 0.303 e. The summed E-state index contributed by atoms with van der Waals surface area (Å²) in [7, 11) is 1.96. The Labute approximate surface area is 107 Å². The molecule has 2 heterocycles. The molecule has 2 rings (SSSR count). The van der Waals surface area contributed by atoms with E-state index in [9.17, 15) is 4.79 Å². The van der Waals surface area contributed by atoms with Gasteiger partial charge in [0.2, 0.25) is 0 Å². The first kappa shape index (κ1) is 13.1. The molecule has 1 aliphatic heterocycles. The Kier molecular flexibility index (Phi) is 4.01. The fourth-order valence-corrected chi connectivity index (χ4v) is 2.76. The highest BCUT2D eigenvalue weighted by atomic mass is 16.4. The zero-order valence-electron chi connectivity index (χ0n) is 11.0. The number of aryl methyl sites for hydroxylation is 1. The average molecular weight is 251 g/mol. The molecule has 1 N–H and O–H groups in total. The molecule has 2 atom stereocenters. The number of hydrogen-bond donors (Lipinski definition) is 1. The lowest BCUT2D eigenvalue weighted by molar-refractivity contribution is -0.137. The van der Waals surface area contributed by atoms with E-state index in [1.165, 1.54) is 5.69 Å². The van der Waals surface area contributed by atoms with Gasteiger partial charge < -0.3 is 5.11 Å². The molecule has 1 fully saturated rings. The van der Waals surface area contributed by atoms with Crippen molar-refractivity contribution in [3.05, 3.63) is 18.0 Å².